The van der Waals surface area contributed by atoms with Crippen molar-refractivity contribution in [1.82, 2.24) is 4.68 Å². The standard InChI is InChI=1S/C27H25ClN4O3/c1-15-9-16(2)11-22(10-15)30-25(33)24-14-19-13-20(28)6-8-23(19)32(24)31-27(35)26(34)29-21-7-5-17(3)18(4)12-21/h5-14H,1-4H3,(H,29,34)(H,30,33)(H,31,35). The Labute approximate surface area is 208 Å². The molecule has 1 aromatic heterocycles. The molecular formula is C27H25ClN4O3. The number of nitrogens with zero attached hydrogens (tertiary/aromatic N) is 1. The van der Waals surface area contributed by atoms with Gasteiger partial charge in [0.1, 0.15) is 5.69 Å². The van der Waals surface area contributed by atoms with Gasteiger partial charge < -0.3 is 10.6 Å². The van der Waals surface area contributed by atoms with Crippen molar-refractivity contribution < 1.29 is 14.4 Å². The number of rotatable bonds is 4. The van der Waals surface area contributed by atoms with Gasteiger partial charge in [0.2, 0.25) is 0 Å². The van der Waals surface area contributed by atoms with E-state index in [1.807, 2.05) is 52.0 Å². The normalized spacial score (nSPS) is 10.8. The molecule has 4 aromatic rings. The van der Waals surface area contributed by atoms with Crippen LogP contribution >= 0.6 is 11.6 Å². The fourth-order valence-corrected chi connectivity index (χ4v) is 4.06. The van der Waals surface area contributed by atoms with Crippen LogP contribution in [0.25, 0.3) is 10.9 Å². The molecule has 35 heavy (non-hydrogen) atoms. The highest BCUT2D eigenvalue weighted by Crippen LogP contribution is 2.24. The lowest BCUT2D eigenvalue weighted by molar-refractivity contribution is -0.133. The van der Waals surface area contributed by atoms with Crippen LogP contribution in [0, 0.1) is 27.7 Å². The molecule has 0 saturated heterocycles. The van der Waals surface area contributed by atoms with Crippen LogP contribution in [-0.2, 0) is 9.59 Å². The highest BCUT2D eigenvalue weighted by Gasteiger charge is 2.21. The maximum absolute atomic E-state index is 13.2. The average Bonchev–Trinajstić information content (AvgIpc) is 3.13. The first kappa shape index (κ1) is 24.0. The number of aromatic nitrogens is 1. The lowest BCUT2D eigenvalue weighted by Gasteiger charge is -2.13. The van der Waals surface area contributed by atoms with E-state index in [-0.39, 0.29) is 5.69 Å². The molecule has 0 bridgehead atoms. The summed E-state index contributed by atoms with van der Waals surface area (Å²) in [6, 6.07) is 17.7. The Morgan fingerprint density at radius 1 is 0.714 bits per heavy atom. The largest absolute Gasteiger partial charge is 0.328 e. The summed E-state index contributed by atoms with van der Waals surface area (Å²) in [5.41, 5.74) is 8.42. The Kier molecular flexibility index (Phi) is 6.62. The van der Waals surface area contributed by atoms with Crippen molar-refractivity contribution in [1.29, 1.82) is 0 Å². The van der Waals surface area contributed by atoms with Gasteiger partial charge in [0.15, 0.2) is 0 Å². The third-order valence-electron chi connectivity index (χ3n) is 5.66. The molecule has 0 radical (unpaired) electrons. The second kappa shape index (κ2) is 9.64. The highest BCUT2D eigenvalue weighted by molar-refractivity contribution is 6.42. The van der Waals surface area contributed by atoms with E-state index in [9.17, 15) is 14.4 Å². The zero-order chi connectivity index (χ0) is 25.3. The molecule has 3 aromatic carbocycles. The van der Waals surface area contributed by atoms with Gasteiger partial charge in [-0.2, -0.15) is 0 Å². The van der Waals surface area contributed by atoms with Crippen molar-refractivity contribution in [3.63, 3.8) is 0 Å². The van der Waals surface area contributed by atoms with Crippen LogP contribution in [0.3, 0.4) is 0 Å². The smallest absolute Gasteiger partial charge is 0.321 e. The molecule has 7 nitrogen and oxygen atoms in total. The second-order valence-electron chi connectivity index (χ2n) is 8.59. The van der Waals surface area contributed by atoms with Gasteiger partial charge in [0, 0.05) is 21.8 Å². The van der Waals surface area contributed by atoms with E-state index >= 15 is 0 Å². The van der Waals surface area contributed by atoms with Crippen LogP contribution in [0.1, 0.15) is 32.7 Å². The number of hydrogen-bond donors (Lipinski definition) is 3. The number of anilines is 2. The summed E-state index contributed by atoms with van der Waals surface area (Å²) in [7, 11) is 0. The molecular weight excluding hydrogens is 464 g/mol. The molecule has 3 amide bonds. The first-order valence-corrected chi connectivity index (χ1v) is 11.4. The minimum atomic E-state index is -0.920. The summed E-state index contributed by atoms with van der Waals surface area (Å²) in [6.45, 7) is 7.76. The molecule has 0 spiro atoms. The third-order valence-corrected chi connectivity index (χ3v) is 5.90. The van der Waals surface area contributed by atoms with Gasteiger partial charge in [-0.15, -0.1) is 0 Å². The summed E-state index contributed by atoms with van der Waals surface area (Å²) >= 11 is 6.13. The lowest BCUT2D eigenvalue weighted by Crippen LogP contribution is -2.36. The van der Waals surface area contributed by atoms with Crippen molar-refractivity contribution in [2.75, 3.05) is 16.1 Å². The van der Waals surface area contributed by atoms with Gasteiger partial charge in [0.25, 0.3) is 5.91 Å². The van der Waals surface area contributed by atoms with Crippen LogP contribution in [-0.4, -0.2) is 22.4 Å². The Balaban J connectivity index is 1.63. The van der Waals surface area contributed by atoms with Crippen LogP contribution in [0.15, 0.2) is 60.7 Å². The number of halogens is 1. The molecule has 1 heterocycles. The topological polar surface area (TPSA) is 92.2 Å². The first-order valence-electron chi connectivity index (χ1n) is 11.0. The number of hydrogen-bond acceptors (Lipinski definition) is 3. The minimum absolute atomic E-state index is 0.147. The van der Waals surface area contributed by atoms with E-state index in [1.54, 1.807) is 36.4 Å². The van der Waals surface area contributed by atoms with Crippen molar-refractivity contribution in [2.45, 2.75) is 27.7 Å². The van der Waals surface area contributed by atoms with E-state index in [2.05, 4.69) is 16.1 Å². The molecule has 8 heteroatoms. The number of amides is 3. The summed E-state index contributed by atoms with van der Waals surface area (Å²) in [5, 5.41) is 6.58. The molecule has 0 aliphatic carbocycles. The summed E-state index contributed by atoms with van der Waals surface area (Å²) in [5.74, 6) is -2.22. The molecule has 3 N–H and O–H groups in total. The van der Waals surface area contributed by atoms with E-state index in [4.69, 9.17) is 11.6 Å². The minimum Gasteiger partial charge on any atom is -0.321 e. The summed E-state index contributed by atoms with van der Waals surface area (Å²) < 4.78 is 1.30. The Hall–Kier alpha value is -4.10. The molecule has 0 saturated carbocycles. The Morgan fingerprint density at radius 3 is 2.11 bits per heavy atom. The van der Waals surface area contributed by atoms with Crippen molar-refractivity contribution in [3.8, 4) is 0 Å². The molecule has 4 rings (SSSR count). The van der Waals surface area contributed by atoms with Gasteiger partial charge in [-0.05, 0) is 98.5 Å². The Morgan fingerprint density at radius 2 is 1.43 bits per heavy atom. The number of carbonyl (C=O) groups is 3. The van der Waals surface area contributed by atoms with Crippen LogP contribution in [0.4, 0.5) is 11.4 Å². The number of aryl methyl sites for hydroxylation is 4. The Bertz CT molecular complexity index is 1470. The van der Waals surface area contributed by atoms with E-state index in [1.165, 1.54) is 4.68 Å². The van der Waals surface area contributed by atoms with E-state index in [0.29, 0.717) is 27.3 Å². The third kappa shape index (κ3) is 5.36. The summed E-state index contributed by atoms with van der Waals surface area (Å²) in [6.07, 6.45) is 0. The average molecular weight is 489 g/mol. The second-order valence-corrected chi connectivity index (χ2v) is 9.03. The lowest BCUT2D eigenvalue weighted by atomic mass is 10.1. The predicted molar refractivity (Wildman–Crippen MR) is 140 cm³/mol. The number of carbonyl (C=O) groups excluding carboxylic acids is 3. The van der Waals surface area contributed by atoms with Crippen LogP contribution in [0.5, 0.6) is 0 Å². The zero-order valence-corrected chi connectivity index (χ0v) is 20.6. The summed E-state index contributed by atoms with van der Waals surface area (Å²) in [4.78, 5) is 38.6. The van der Waals surface area contributed by atoms with Gasteiger partial charge in [0.05, 0.1) is 5.52 Å². The number of nitrogens with one attached hydrogen (secondary N) is 3. The fourth-order valence-electron chi connectivity index (χ4n) is 3.88. The molecule has 0 aliphatic rings. The van der Waals surface area contributed by atoms with Gasteiger partial charge in [-0.1, -0.05) is 23.7 Å². The maximum atomic E-state index is 13.2. The SMILES string of the molecule is Cc1cc(C)cc(NC(=O)c2cc3cc(Cl)ccc3n2NC(=O)C(=O)Nc2ccc(C)c(C)c2)c1. The van der Waals surface area contributed by atoms with Gasteiger partial charge in [-0.3, -0.25) is 19.8 Å². The van der Waals surface area contributed by atoms with Crippen molar-refractivity contribution in [2.24, 2.45) is 0 Å². The molecule has 0 atom stereocenters. The highest BCUT2D eigenvalue weighted by atomic mass is 35.5. The van der Waals surface area contributed by atoms with E-state index in [0.717, 1.165) is 22.3 Å². The molecule has 0 unspecified atom stereocenters. The quantitative estimate of drug-likeness (QED) is 0.332. The predicted octanol–water partition coefficient (Wildman–Crippen LogP) is 5.49. The monoisotopic (exact) mass is 488 g/mol. The fraction of sp³-hybridized carbons (Fsp3) is 0.148. The zero-order valence-electron chi connectivity index (χ0n) is 19.8. The number of fused-ring (bicyclic) bond motifs is 1. The van der Waals surface area contributed by atoms with Crippen LogP contribution in [0.2, 0.25) is 5.02 Å². The molecule has 0 fully saturated rings. The molecule has 178 valence electrons. The first-order chi connectivity index (χ1) is 16.6. The van der Waals surface area contributed by atoms with Gasteiger partial charge in [-0.25, -0.2) is 4.68 Å². The van der Waals surface area contributed by atoms with Crippen molar-refractivity contribution in [3.05, 3.63) is 93.6 Å². The maximum Gasteiger partial charge on any atom is 0.328 e. The van der Waals surface area contributed by atoms with E-state index < -0.39 is 17.7 Å². The number of benzene rings is 3. The molecule has 0 aliphatic heterocycles. The van der Waals surface area contributed by atoms with Crippen LogP contribution < -0.4 is 16.1 Å². The van der Waals surface area contributed by atoms with Crippen molar-refractivity contribution >= 4 is 51.6 Å². The van der Waals surface area contributed by atoms with Gasteiger partial charge >= 0.3 is 11.8 Å².